The minimum atomic E-state index is -0.404. The molecule has 0 radical (unpaired) electrons. The van der Waals surface area contributed by atoms with Crippen molar-refractivity contribution in [2.24, 2.45) is 0 Å². The first-order chi connectivity index (χ1) is 8.56. The Kier molecular flexibility index (Phi) is 4.16. The van der Waals surface area contributed by atoms with Gasteiger partial charge in [0, 0.05) is 4.47 Å². The smallest absolute Gasteiger partial charge is 0.276 e. The number of nitrogens with zero attached hydrogens (tertiary/aromatic N) is 2. The topological polar surface area (TPSA) is 54.9 Å². The summed E-state index contributed by atoms with van der Waals surface area (Å²) in [5, 5.41) is 10.6. The molecule has 92 valence electrons. The maximum Gasteiger partial charge on any atom is 0.276 e. The Hall–Kier alpha value is -1.17. The van der Waals surface area contributed by atoms with E-state index < -0.39 is 5.91 Å². The van der Waals surface area contributed by atoms with Crippen LogP contribution >= 0.6 is 39.1 Å². The van der Waals surface area contributed by atoms with Gasteiger partial charge in [-0.15, -0.1) is 10.2 Å². The average Bonchev–Trinajstić information content (AvgIpc) is 2.34. The van der Waals surface area contributed by atoms with E-state index in [1.54, 1.807) is 18.2 Å². The molecular weight excluding hydrogens is 341 g/mol. The van der Waals surface area contributed by atoms with Crippen molar-refractivity contribution < 1.29 is 4.79 Å². The second-order valence-electron chi connectivity index (χ2n) is 3.32. The molecule has 0 atom stereocenters. The number of hydrogen-bond acceptors (Lipinski definition) is 3. The summed E-state index contributed by atoms with van der Waals surface area (Å²) in [5.41, 5.74) is 0.656. The first-order valence-corrected chi connectivity index (χ1v) is 6.37. The highest BCUT2D eigenvalue weighted by Crippen LogP contribution is 2.25. The monoisotopic (exact) mass is 345 g/mol. The summed E-state index contributed by atoms with van der Waals surface area (Å²) in [4.78, 5) is 11.9. The summed E-state index contributed by atoms with van der Waals surface area (Å²) in [7, 11) is 0. The Balaban J connectivity index is 2.21. The summed E-state index contributed by atoms with van der Waals surface area (Å²) in [6, 6.07) is 8.13. The van der Waals surface area contributed by atoms with E-state index in [4.69, 9.17) is 23.2 Å². The third kappa shape index (κ3) is 3.19. The van der Waals surface area contributed by atoms with Crippen LogP contribution in [-0.2, 0) is 0 Å². The molecule has 18 heavy (non-hydrogen) atoms. The first kappa shape index (κ1) is 13.3. The molecule has 0 fully saturated rings. The number of nitrogens with one attached hydrogen (secondary N) is 1. The molecule has 0 aliphatic rings. The van der Waals surface area contributed by atoms with Gasteiger partial charge in [-0.2, -0.15) is 0 Å². The van der Waals surface area contributed by atoms with Crippen molar-refractivity contribution in [3.8, 4) is 0 Å². The maximum atomic E-state index is 11.9. The Morgan fingerprint density at radius 3 is 2.61 bits per heavy atom. The van der Waals surface area contributed by atoms with Crippen LogP contribution in [0.3, 0.4) is 0 Å². The van der Waals surface area contributed by atoms with Crippen LogP contribution in [0.1, 0.15) is 10.5 Å². The predicted octanol–water partition coefficient (Wildman–Crippen LogP) is 3.80. The van der Waals surface area contributed by atoms with Gasteiger partial charge in [0.15, 0.2) is 10.8 Å². The number of carbonyl (C=O) groups excluding carboxylic acids is 1. The second kappa shape index (κ2) is 5.65. The van der Waals surface area contributed by atoms with Crippen LogP contribution in [0, 0.1) is 0 Å². The lowest BCUT2D eigenvalue weighted by Crippen LogP contribution is -2.14. The number of hydrogen-bond donors (Lipinski definition) is 1. The van der Waals surface area contributed by atoms with Gasteiger partial charge in [-0.3, -0.25) is 4.79 Å². The molecule has 7 heteroatoms. The van der Waals surface area contributed by atoms with E-state index >= 15 is 0 Å². The molecule has 2 rings (SSSR count). The van der Waals surface area contributed by atoms with E-state index in [1.165, 1.54) is 12.1 Å². The van der Waals surface area contributed by atoms with E-state index in [2.05, 4.69) is 31.4 Å². The molecule has 1 heterocycles. The zero-order valence-electron chi connectivity index (χ0n) is 8.82. The maximum absolute atomic E-state index is 11.9. The van der Waals surface area contributed by atoms with E-state index in [-0.39, 0.29) is 10.8 Å². The number of carbonyl (C=O) groups is 1. The van der Waals surface area contributed by atoms with Gasteiger partial charge in [0.2, 0.25) is 0 Å². The van der Waals surface area contributed by atoms with Crippen LogP contribution in [0.4, 0.5) is 5.69 Å². The fourth-order valence-corrected chi connectivity index (χ4v) is 1.84. The van der Waals surface area contributed by atoms with Crippen molar-refractivity contribution in [1.29, 1.82) is 0 Å². The Morgan fingerprint density at radius 2 is 1.94 bits per heavy atom. The van der Waals surface area contributed by atoms with Crippen LogP contribution in [0.2, 0.25) is 10.2 Å². The van der Waals surface area contributed by atoms with Gasteiger partial charge in [-0.05, 0) is 30.3 Å². The summed E-state index contributed by atoms with van der Waals surface area (Å²) in [6.07, 6.45) is 0. The van der Waals surface area contributed by atoms with Crippen LogP contribution in [-0.4, -0.2) is 16.1 Å². The molecule has 0 spiro atoms. The minimum absolute atomic E-state index is 0.162. The highest BCUT2D eigenvalue weighted by Gasteiger charge is 2.10. The zero-order chi connectivity index (χ0) is 13.1. The largest absolute Gasteiger partial charge is 0.319 e. The van der Waals surface area contributed by atoms with Crippen molar-refractivity contribution in [3.63, 3.8) is 0 Å². The van der Waals surface area contributed by atoms with E-state index in [0.29, 0.717) is 10.7 Å². The van der Waals surface area contributed by atoms with Gasteiger partial charge in [0.25, 0.3) is 5.91 Å². The minimum Gasteiger partial charge on any atom is -0.319 e. The Labute approximate surface area is 121 Å². The number of benzene rings is 1. The van der Waals surface area contributed by atoms with Crippen molar-refractivity contribution in [3.05, 3.63) is 50.7 Å². The van der Waals surface area contributed by atoms with Gasteiger partial charge >= 0.3 is 0 Å². The SMILES string of the molecule is O=C(Nc1cc(Br)ccc1Cl)c1ccc(Cl)nn1. The molecule has 0 aliphatic heterocycles. The number of halogens is 3. The van der Waals surface area contributed by atoms with E-state index in [0.717, 1.165) is 4.47 Å². The molecule has 1 amide bonds. The normalized spacial score (nSPS) is 10.2. The molecule has 1 N–H and O–H groups in total. The molecule has 0 bridgehead atoms. The standard InChI is InChI=1S/C11H6BrCl2N3O/c12-6-1-2-7(13)9(5-6)15-11(18)8-3-4-10(14)17-16-8/h1-5H,(H,15,18). The second-order valence-corrected chi connectivity index (χ2v) is 5.03. The molecule has 1 aromatic carbocycles. The molecule has 0 saturated carbocycles. The summed E-state index contributed by atoms with van der Waals surface area (Å²) in [5.74, 6) is -0.404. The summed E-state index contributed by atoms with van der Waals surface area (Å²) >= 11 is 14.8. The first-order valence-electron chi connectivity index (χ1n) is 4.82. The molecule has 2 aromatic rings. The molecule has 0 unspecified atom stereocenters. The quantitative estimate of drug-likeness (QED) is 0.899. The van der Waals surface area contributed by atoms with Crippen molar-refractivity contribution in [1.82, 2.24) is 10.2 Å². The van der Waals surface area contributed by atoms with Crippen LogP contribution in [0.15, 0.2) is 34.8 Å². The third-order valence-electron chi connectivity index (χ3n) is 2.04. The Bertz CT molecular complexity index is 589. The predicted molar refractivity (Wildman–Crippen MR) is 74.1 cm³/mol. The highest BCUT2D eigenvalue weighted by molar-refractivity contribution is 9.10. The highest BCUT2D eigenvalue weighted by atomic mass is 79.9. The number of aromatic nitrogens is 2. The molecule has 0 aliphatic carbocycles. The molecule has 1 aromatic heterocycles. The molecule has 4 nitrogen and oxygen atoms in total. The summed E-state index contributed by atoms with van der Waals surface area (Å²) in [6.45, 7) is 0. The van der Waals surface area contributed by atoms with Gasteiger partial charge in [-0.25, -0.2) is 0 Å². The van der Waals surface area contributed by atoms with E-state index in [1.807, 2.05) is 0 Å². The van der Waals surface area contributed by atoms with Crippen LogP contribution in [0.5, 0.6) is 0 Å². The van der Waals surface area contributed by atoms with Crippen LogP contribution in [0.25, 0.3) is 0 Å². The Morgan fingerprint density at radius 1 is 1.17 bits per heavy atom. The average molecular weight is 347 g/mol. The van der Waals surface area contributed by atoms with Gasteiger partial charge in [0.1, 0.15) is 0 Å². The fourth-order valence-electron chi connectivity index (χ4n) is 1.22. The molecule has 0 saturated heterocycles. The fraction of sp³-hybridized carbons (Fsp3) is 0. The third-order valence-corrected chi connectivity index (χ3v) is 3.07. The van der Waals surface area contributed by atoms with Gasteiger partial charge in [0.05, 0.1) is 10.7 Å². The lowest BCUT2D eigenvalue weighted by molar-refractivity contribution is 0.102. The van der Waals surface area contributed by atoms with Crippen molar-refractivity contribution >= 4 is 50.7 Å². The number of amides is 1. The summed E-state index contributed by atoms with van der Waals surface area (Å²) < 4.78 is 0.810. The number of rotatable bonds is 2. The van der Waals surface area contributed by atoms with Crippen molar-refractivity contribution in [2.45, 2.75) is 0 Å². The van der Waals surface area contributed by atoms with Gasteiger partial charge in [-0.1, -0.05) is 39.1 Å². The van der Waals surface area contributed by atoms with Crippen LogP contribution < -0.4 is 5.32 Å². The number of anilines is 1. The van der Waals surface area contributed by atoms with Crippen molar-refractivity contribution in [2.75, 3.05) is 5.32 Å². The zero-order valence-corrected chi connectivity index (χ0v) is 11.9. The van der Waals surface area contributed by atoms with E-state index in [9.17, 15) is 4.79 Å². The molecular formula is C11H6BrCl2N3O. The van der Waals surface area contributed by atoms with Gasteiger partial charge < -0.3 is 5.32 Å². The lowest BCUT2D eigenvalue weighted by atomic mass is 10.3. The lowest BCUT2D eigenvalue weighted by Gasteiger charge is -2.06.